The number of esters is 1. The summed E-state index contributed by atoms with van der Waals surface area (Å²) in [6, 6.07) is 19.1. The minimum atomic E-state index is -1.10. The van der Waals surface area contributed by atoms with Crippen molar-refractivity contribution in [3.05, 3.63) is 77.6 Å². The third-order valence-electron chi connectivity index (χ3n) is 5.32. The monoisotopic (exact) mass is 511 g/mol. The number of nitrogens with one attached hydrogen (secondary N) is 1. The van der Waals surface area contributed by atoms with Crippen molar-refractivity contribution in [2.24, 2.45) is 5.73 Å². The maximum absolute atomic E-state index is 12.8. The van der Waals surface area contributed by atoms with E-state index in [0.717, 1.165) is 11.1 Å². The molecule has 0 spiro atoms. The molecule has 0 aliphatic carbocycles. The SMILES string of the molecule is COC(=O)CCn1c(SCc2ccccc2)nnc1[C@@H](COCc1ccccc1)NC(=O)C(C)(C)N. The molecule has 36 heavy (non-hydrogen) atoms. The first-order valence-corrected chi connectivity index (χ1v) is 12.6. The van der Waals surface area contributed by atoms with Crippen molar-refractivity contribution in [2.45, 2.75) is 55.9 Å². The molecule has 2 aromatic carbocycles. The molecule has 0 aliphatic rings. The molecule has 1 aromatic heterocycles. The van der Waals surface area contributed by atoms with Crippen LogP contribution in [0.1, 0.15) is 43.3 Å². The number of carbonyl (C=O) groups is 2. The number of thioether (sulfide) groups is 1. The van der Waals surface area contributed by atoms with Gasteiger partial charge in [-0.2, -0.15) is 0 Å². The van der Waals surface area contributed by atoms with E-state index in [0.29, 0.717) is 29.9 Å². The van der Waals surface area contributed by atoms with E-state index in [4.69, 9.17) is 15.2 Å². The number of methoxy groups -OCH3 is 1. The van der Waals surface area contributed by atoms with E-state index in [1.807, 2.05) is 65.2 Å². The second-order valence-corrected chi connectivity index (χ2v) is 9.78. The molecule has 10 heteroatoms. The summed E-state index contributed by atoms with van der Waals surface area (Å²) in [5.74, 6) is 0.462. The fourth-order valence-electron chi connectivity index (χ4n) is 3.30. The fraction of sp³-hybridized carbons (Fsp3) is 0.385. The minimum absolute atomic E-state index is 0.133. The fourth-order valence-corrected chi connectivity index (χ4v) is 4.22. The predicted octanol–water partition coefficient (Wildman–Crippen LogP) is 3.24. The molecule has 0 saturated heterocycles. The topological polar surface area (TPSA) is 121 Å². The highest BCUT2D eigenvalue weighted by molar-refractivity contribution is 7.98. The Bertz CT molecular complexity index is 1120. The first kappa shape index (κ1) is 27.4. The van der Waals surface area contributed by atoms with Crippen LogP contribution in [0.4, 0.5) is 0 Å². The van der Waals surface area contributed by atoms with Gasteiger partial charge in [-0.25, -0.2) is 0 Å². The van der Waals surface area contributed by atoms with Crippen LogP contribution in [-0.4, -0.2) is 45.9 Å². The second kappa shape index (κ2) is 13.2. The third kappa shape index (κ3) is 8.18. The standard InChI is InChI=1S/C26H33N5O4S/c1-26(2,27)24(33)28-21(17-35-16-19-10-6-4-7-11-19)23-29-30-25(31(23)15-14-22(32)34-3)36-18-20-12-8-5-9-13-20/h4-13,21H,14-18,27H2,1-3H3,(H,28,33)/t21-/m1/s1. The van der Waals surface area contributed by atoms with Crippen molar-refractivity contribution in [3.63, 3.8) is 0 Å². The predicted molar refractivity (Wildman–Crippen MR) is 138 cm³/mol. The molecule has 0 fully saturated rings. The Morgan fingerprint density at radius 1 is 1.06 bits per heavy atom. The summed E-state index contributed by atoms with van der Waals surface area (Å²) < 4.78 is 12.6. The molecule has 0 aliphatic heterocycles. The van der Waals surface area contributed by atoms with E-state index < -0.39 is 11.6 Å². The van der Waals surface area contributed by atoms with Crippen LogP contribution in [0.25, 0.3) is 0 Å². The van der Waals surface area contributed by atoms with E-state index in [9.17, 15) is 9.59 Å². The van der Waals surface area contributed by atoms with Crippen LogP contribution in [0.15, 0.2) is 65.8 Å². The van der Waals surface area contributed by atoms with E-state index in [-0.39, 0.29) is 24.9 Å². The number of carbonyl (C=O) groups excluding carboxylic acids is 2. The summed E-state index contributed by atoms with van der Waals surface area (Å²) in [5.41, 5.74) is 7.08. The molecule has 0 saturated carbocycles. The van der Waals surface area contributed by atoms with E-state index in [2.05, 4.69) is 15.5 Å². The summed E-state index contributed by atoms with van der Waals surface area (Å²) in [6.45, 7) is 4.07. The Morgan fingerprint density at radius 2 is 1.69 bits per heavy atom. The quantitative estimate of drug-likeness (QED) is 0.265. The molecular formula is C26H33N5O4S. The van der Waals surface area contributed by atoms with Gasteiger partial charge in [0.25, 0.3) is 0 Å². The first-order chi connectivity index (χ1) is 17.3. The Hall–Kier alpha value is -3.21. The first-order valence-electron chi connectivity index (χ1n) is 11.7. The second-order valence-electron chi connectivity index (χ2n) is 8.84. The number of hydrogen-bond donors (Lipinski definition) is 2. The van der Waals surface area contributed by atoms with Gasteiger partial charge in [0, 0.05) is 12.3 Å². The van der Waals surface area contributed by atoms with Gasteiger partial charge in [-0.1, -0.05) is 72.4 Å². The molecule has 0 radical (unpaired) electrons. The summed E-state index contributed by atoms with van der Waals surface area (Å²) in [5, 5.41) is 12.4. The average molecular weight is 512 g/mol. The van der Waals surface area contributed by atoms with Crippen LogP contribution in [0.2, 0.25) is 0 Å². The highest BCUT2D eigenvalue weighted by Gasteiger charge is 2.29. The molecule has 3 aromatic rings. The lowest BCUT2D eigenvalue weighted by molar-refractivity contribution is -0.141. The maximum Gasteiger partial charge on any atom is 0.307 e. The van der Waals surface area contributed by atoms with Gasteiger partial charge in [0.05, 0.1) is 32.3 Å². The number of ether oxygens (including phenoxy) is 2. The van der Waals surface area contributed by atoms with Gasteiger partial charge < -0.3 is 25.1 Å². The average Bonchev–Trinajstić information content (AvgIpc) is 3.28. The summed E-state index contributed by atoms with van der Waals surface area (Å²) >= 11 is 1.50. The lowest BCUT2D eigenvalue weighted by Crippen LogP contribution is -2.51. The van der Waals surface area contributed by atoms with Crippen molar-refractivity contribution in [3.8, 4) is 0 Å². The lowest BCUT2D eigenvalue weighted by Gasteiger charge is -2.24. The number of nitrogens with zero attached hydrogens (tertiary/aromatic N) is 3. The van der Waals surface area contributed by atoms with Crippen LogP contribution >= 0.6 is 11.8 Å². The van der Waals surface area contributed by atoms with Crippen molar-refractivity contribution < 1.29 is 19.1 Å². The van der Waals surface area contributed by atoms with Gasteiger partial charge in [0.1, 0.15) is 6.04 Å². The molecule has 192 valence electrons. The van der Waals surface area contributed by atoms with Crippen molar-refractivity contribution in [1.82, 2.24) is 20.1 Å². The number of amides is 1. The smallest absolute Gasteiger partial charge is 0.307 e. The third-order valence-corrected chi connectivity index (χ3v) is 6.36. The highest BCUT2D eigenvalue weighted by atomic mass is 32.2. The Balaban J connectivity index is 1.85. The zero-order valence-electron chi connectivity index (χ0n) is 20.8. The van der Waals surface area contributed by atoms with Gasteiger partial charge in [0.15, 0.2) is 11.0 Å². The van der Waals surface area contributed by atoms with Crippen LogP contribution in [-0.2, 0) is 38.0 Å². The van der Waals surface area contributed by atoms with Crippen molar-refractivity contribution in [1.29, 1.82) is 0 Å². The Labute approximate surface area is 215 Å². The zero-order chi connectivity index (χ0) is 26.0. The lowest BCUT2D eigenvalue weighted by atomic mass is 10.1. The maximum atomic E-state index is 12.8. The molecule has 1 atom stereocenters. The molecule has 9 nitrogen and oxygen atoms in total. The van der Waals surface area contributed by atoms with Gasteiger partial charge >= 0.3 is 5.97 Å². The molecule has 3 N–H and O–H groups in total. The largest absolute Gasteiger partial charge is 0.469 e. The number of nitrogens with two attached hydrogens (primary N) is 1. The Morgan fingerprint density at radius 3 is 2.31 bits per heavy atom. The highest BCUT2D eigenvalue weighted by Crippen LogP contribution is 2.25. The summed E-state index contributed by atoms with van der Waals surface area (Å²) in [6.07, 6.45) is 0.133. The van der Waals surface area contributed by atoms with E-state index in [1.54, 1.807) is 13.8 Å². The van der Waals surface area contributed by atoms with Gasteiger partial charge in [-0.15, -0.1) is 10.2 Å². The molecule has 0 unspecified atom stereocenters. The van der Waals surface area contributed by atoms with Crippen molar-refractivity contribution >= 4 is 23.6 Å². The summed E-state index contributed by atoms with van der Waals surface area (Å²) in [7, 11) is 1.35. The number of hydrogen-bond acceptors (Lipinski definition) is 8. The van der Waals surface area contributed by atoms with Gasteiger partial charge in [-0.05, 0) is 25.0 Å². The molecule has 1 heterocycles. The normalized spacial score (nSPS) is 12.2. The van der Waals surface area contributed by atoms with Gasteiger partial charge in [0.2, 0.25) is 5.91 Å². The molecule has 3 rings (SSSR count). The number of benzene rings is 2. The van der Waals surface area contributed by atoms with Crippen LogP contribution < -0.4 is 11.1 Å². The number of aromatic nitrogens is 3. The van der Waals surface area contributed by atoms with Gasteiger partial charge in [-0.3, -0.25) is 9.59 Å². The van der Waals surface area contributed by atoms with E-state index >= 15 is 0 Å². The van der Waals surface area contributed by atoms with E-state index in [1.165, 1.54) is 18.9 Å². The molecule has 1 amide bonds. The molecular weight excluding hydrogens is 478 g/mol. The molecule has 0 bridgehead atoms. The Kier molecular flexibility index (Phi) is 10.0. The van der Waals surface area contributed by atoms with Crippen LogP contribution in [0.3, 0.4) is 0 Å². The zero-order valence-corrected chi connectivity index (χ0v) is 21.7. The van der Waals surface area contributed by atoms with Crippen molar-refractivity contribution in [2.75, 3.05) is 13.7 Å². The van der Waals surface area contributed by atoms with Crippen LogP contribution in [0.5, 0.6) is 0 Å². The number of rotatable bonds is 13. The minimum Gasteiger partial charge on any atom is -0.469 e. The summed E-state index contributed by atoms with van der Waals surface area (Å²) in [4.78, 5) is 24.7. The van der Waals surface area contributed by atoms with Crippen LogP contribution in [0, 0.1) is 0 Å².